The van der Waals surface area contributed by atoms with Crippen molar-refractivity contribution in [2.45, 2.75) is 32.9 Å². The summed E-state index contributed by atoms with van der Waals surface area (Å²) in [7, 11) is 0. The van der Waals surface area contributed by atoms with E-state index < -0.39 is 17.7 Å². The quantitative estimate of drug-likeness (QED) is 0.868. The van der Waals surface area contributed by atoms with E-state index in [-0.39, 0.29) is 11.6 Å². The second-order valence-corrected chi connectivity index (χ2v) is 5.90. The van der Waals surface area contributed by atoms with Crippen LogP contribution in [-0.4, -0.2) is 16.3 Å². The molecule has 1 aromatic heterocycles. The molecule has 0 radical (unpaired) electrons. The van der Waals surface area contributed by atoms with Crippen LogP contribution in [0.4, 0.5) is 8.78 Å². The fraction of sp³-hybridized carbons (Fsp3) is 0.400. The zero-order valence-electron chi connectivity index (χ0n) is 12.2. The Balaban J connectivity index is 2.62. The Morgan fingerprint density at radius 2 is 1.90 bits per heavy atom. The van der Waals surface area contributed by atoms with Crippen molar-refractivity contribution < 1.29 is 8.78 Å². The van der Waals surface area contributed by atoms with E-state index in [9.17, 15) is 8.78 Å². The van der Waals surface area contributed by atoms with E-state index in [2.05, 4.69) is 26.3 Å². The van der Waals surface area contributed by atoms with Crippen molar-refractivity contribution in [1.29, 1.82) is 0 Å². The summed E-state index contributed by atoms with van der Waals surface area (Å²) in [6.45, 7) is 6.43. The Kier molecular flexibility index (Phi) is 5.11. The van der Waals surface area contributed by atoms with Gasteiger partial charge in [-0.3, -0.25) is 4.68 Å². The van der Waals surface area contributed by atoms with Crippen LogP contribution in [0.25, 0.3) is 0 Å². The summed E-state index contributed by atoms with van der Waals surface area (Å²) < 4.78 is 30.8. The third-order valence-corrected chi connectivity index (χ3v) is 3.86. The maximum Gasteiger partial charge on any atom is 0.131 e. The maximum absolute atomic E-state index is 14.2. The second-order valence-electron chi connectivity index (χ2n) is 5.04. The summed E-state index contributed by atoms with van der Waals surface area (Å²) in [6.07, 6.45) is 1.65. The molecule has 0 amide bonds. The van der Waals surface area contributed by atoms with Gasteiger partial charge in [0.25, 0.3) is 0 Å². The van der Waals surface area contributed by atoms with Crippen molar-refractivity contribution in [1.82, 2.24) is 15.1 Å². The smallest absolute Gasteiger partial charge is 0.131 e. The minimum atomic E-state index is -0.601. The molecule has 1 N–H and O–H groups in total. The van der Waals surface area contributed by atoms with Crippen molar-refractivity contribution in [3.05, 3.63) is 51.8 Å². The SMILES string of the molecule is CCNC(c1c(F)cccc1F)c1c(Br)cnn1C(C)C. The largest absolute Gasteiger partial charge is 0.305 e. The molecule has 0 fully saturated rings. The van der Waals surface area contributed by atoms with Crippen LogP contribution >= 0.6 is 15.9 Å². The van der Waals surface area contributed by atoms with Crippen molar-refractivity contribution in [3.63, 3.8) is 0 Å². The van der Waals surface area contributed by atoms with Crippen molar-refractivity contribution in [3.8, 4) is 0 Å². The lowest BCUT2D eigenvalue weighted by molar-refractivity contribution is 0.452. The van der Waals surface area contributed by atoms with Gasteiger partial charge in [0, 0.05) is 11.6 Å². The highest BCUT2D eigenvalue weighted by Crippen LogP contribution is 2.33. The van der Waals surface area contributed by atoms with Gasteiger partial charge in [-0.05, 0) is 48.5 Å². The van der Waals surface area contributed by atoms with Gasteiger partial charge in [-0.25, -0.2) is 8.78 Å². The van der Waals surface area contributed by atoms with Gasteiger partial charge in [0.1, 0.15) is 11.6 Å². The summed E-state index contributed by atoms with van der Waals surface area (Å²) in [5.41, 5.74) is 0.735. The number of benzene rings is 1. The molecule has 1 heterocycles. The van der Waals surface area contributed by atoms with Crippen LogP contribution in [0.5, 0.6) is 0 Å². The number of nitrogens with one attached hydrogen (secondary N) is 1. The van der Waals surface area contributed by atoms with Crippen molar-refractivity contribution in [2.24, 2.45) is 0 Å². The highest BCUT2D eigenvalue weighted by atomic mass is 79.9. The Labute approximate surface area is 131 Å². The molecule has 0 spiro atoms. The molecule has 2 rings (SSSR count). The first-order valence-corrected chi connectivity index (χ1v) is 7.66. The maximum atomic E-state index is 14.2. The molecular formula is C15H18BrF2N3. The van der Waals surface area contributed by atoms with Crippen LogP contribution in [0.15, 0.2) is 28.9 Å². The highest BCUT2D eigenvalue weighted by Gasteiger charge is 2.27. The Morgan fingerprint density at radius 1 is 1.29 bits per heavy atom. The molecule has 3 nitrogen and oxygen atoms in total. The summed E-state index contributed by atoms with van der Waals surface area (Å²) >= 11 is 3.43. The summed E-state index contributed by atoms with van der Waals surface area (Å²) in [4.78, 5) is 0. The molecule has 0 saturated carbocycles. The molecular weight excluding hydrogens is 340 g/mol. The second kappa shape index (κ2) is 6.66. The van der Waals surface area contributed by atoms with Crippen LogP contribution in [-0.2, 0) is 0 Å². The zero-order valence-corrected chi connectivity index (χ0v) is 13.8. The average molecular weight is 358 g/mol. The van der Waals surface area contributed by atoms with Gasteiger partial charge in [0.05, 0.1) is 22.4 Å². The van der Waals surface area contributed by atoms with E-state index in [1.807, 2.05) is 20.8 Å². The summed E-state index contributed by atoms with van der Waals surface area (Å²) in [6, 6.07) is 3.39. The summed E-state index contributed by atoms with van der Waals surface area (Å²) in [5.74, 6) is -1.13. The third kappa shape index (κ3) is 3.16. The zero-order chi connectivity index (χ0) is 15.6. The van der Waals surface area contributed by atoms with Crippen LogP contribution < -0.4 is 5.32 Å². The van der Waals surface area contributed by atoms with Gasteiger partial charge in [0.2, 0.25) is 0 Å². The molecule has 0 aliphatic rings. The predicted octanol–water partition coefficient (Wildman–Crippen LogP) is 4.20. The van der Waals surface area contributed by atoms with E-state index in [0.717, 1.165) is 10.2 Å². The lowest BCUT2D eigenvalue weighted by atomic mass is 10.0. The number of halogens is 3. The lowest BCUT2D eigenvalue weighted by Crippen LogP contribution is -2.27. The average Bonchev–Trinajstić information content (AvgIpc) is 2.79. The standard InChI is InChI=1S/C15H18BrF2N3/c1-4-19-14(13-11(17)6-5-7-12(13)18)15-10(16)8-20-21(15)9(2)3/h5-9,14,19H,4H2,1-3H3. The van der Waals surface area contributed by atoms with E-state index in [4.69, 9.17) is 0 Å². The molecule has 21 heavy (non-hydrogen) atoms. The minimum Gasteiger partial charge on any atom is -0.305 e. The van der Waals surface area contributed by atoms with Gasteiger partial charge in [-0.15, -0.1) is 0 Å². The number of hydrogen-bond acceptors (Lipinski definition) is 2. The van der Waals surface area contributed by atoms with Crippen molar-refractivity contribution in [2.75, 3.05) is 6.54 Å². The Morgan fingerprint density at radius 3 is 2.43 bits per heavy atom. The lowest BCUT2D eigenvalue weighted by Gasteiger charge is -2.23. The third-order valence-electron chi connectivity index (χ3n) is 3.25. The first-order valence-electron chi connectivity index (χ1n) is 6.87. The molecule has 1 aromatic carbocycles. The first kappa shape index (κ1) is 16.1. The number of rotatable bonds is 5. The van der Waals surface area contributed by atoms with Gasteiger partial charge in [-0.1, -0.05) is 13.0 Å². The van der Waals surface area contributed by atoms with Crippen molar-refractivity contribution >= 4 is 15.9 Å². The van der Waals surface area contributed by atoms with E-state index >= 15 is 0 Å². The first-order chi connectivity index (χ1) is 9.97. The van der Waals surface area contributed by atoms with Gasteiger partial charge >= 0.3 is 0 Å². The van der Waals surface area contributed by atoms with Crippen LogP contribution in [0, 0.1) is 11.6 Å². The fourth-order valence-corrected chi connectivity index (χ4v) is 2.86. The topological polar surface area (TPSA) is 29.9 Å². The van der Waals surface area contributed by atoms with Gasteiger partial charge in [-0.2, -0.15) is 5.10 Å². The summed E-state index contributed by atoms with van der Waals surface area (Å²) in [5, 5.41) is 7.44. The molecule has 0 aliphatic heterocycles. The molecule has 6 heteroatoms. The molecule has 1 unspecified atom stereocenters. The minimum absolute atomic E-state index is 0.0162. The molecule has 0 aliphatic carbocycles. The molecule has 1 atom stereocenters. The normalized spacial score (nSPS) is 12.9. The fourth-order valence-electron chi connectivity index (χ4n) is 2.36. The Hall–Kier alpha value is -1.27. The number of nitrogens with zero attached hydrogens (tertiary/aromatic N) is 2. The molecule has 0 saturated heterocycles. The Bertz CT molecular complexity index is 605. The molecule has 2 aromatic rings. The van der Waals surface area contributed by atoms with E-state index in [1.54, 1.807) is 10.9 Å². The van der Waals surface area contributed by atoms with Crippen LogP contribution in [0.1, 0.15) is 44.1 Å². The van der Waals surface area contributed by atoms with Gasteiger partial charge in [0.15, 0.2) is 0 Å². The molecule has 114 valence electrons. The van der Waals surface area contributed by atoms with E-state index in [1.165, 1.54) is 18.2 Å². The number of aromatic nitrogens is 2. The predicted molar refractivity (Wildman–Crippen MR) is 82.2 cm³/mol. The number of hydrogen-bond donors (Lipinski definition) is 1. The highest BCUT2D eigenvalue weighted by molar-refractivity contribution is 9.10. The van der Waals surface area contributed by atoms with Crippen LogP contribution in [0.3, 0.4) is 0 Å². The van der Waals surface area contributed by atoms with Gasteiger partial charge < -0.3 is 5.32 Å². The monoisotopic (exact) mass is 357 g/mol. The van der Waals surface area contributed by atoms with Crippen LogP contribution in [0.2, 0.25) is 0 Å². The van der Waals surface area contributed by atoms with E-state index in [0.29, 0.717) is 6.54 Å². The molecule has 0 bridgehead atoms.